The number of benzene rings is 1. The van der Waals surface area contributed by atoms with Gasteiger partial charge in [-0.2, -0.15) is 5.10 Å². The molecular weight excluding hydrogens is 288 g/mol. The highest BCUT2D eigenvalue weighted by molar-refractivity contribution is 5.93. The Kier molecular flexibility index (Phi) is 7.10. The van der Waals surface area contributed by atoms with Gasteiger partial charge in [-0.15, -0.1) is 0 Å². The van der Waals surface area contributed by atoms with E-state index >= 15 is 0 Å². The Bertz CT molecular complexity index is 554. The molecule has 0 spiro atoms. The molecule has 0 aromatic heterocycles. The van der Waals surface area contributed by atoms with Crippen molar-refractivity contribution in [1.82, 2.24) is 5.32 Å². The molecule has 0 saturated heterocycles. The molecule has 1 rings (SSSR count). The van der Waals surface area contributed by atoms with Crippen LogP contribution in [0.1, 0.15) is 24.8 Å². The first kappa shape index (κ1) is 17.2. The lowest BCUT2D eigenvalue weighted by Gasteiger charge is -2.06. The van der Waals surface area contributed by atoms with Crippen LogP contribution in [0.2, 0.25) is 0 Å². The summed E-state index contributed by atoms with van der Waals surface area (Å²) in [6, 6.07) is 6.87. The lowest BCUT2D eigenvalue weighted by molar-refractivity contribution is -0.137. The van der Waals surface area contributed by atoms with Gasteiger partial charge in [-0.1, -0.05) is 12.1 Å². The van der Waals surface area contributed by atoms with Crippen LogP contribution in [0.3, 0.4) is 0 Å². The highest BCUT2D eigenvalue weighted by atomic mass is 16.4. The zero-order valence-corrected chi connectivity index (χ0v) is 11.9. The van der Waals surface area contributed by atoms with Crippen molar-refractivity contribution < 1.29 is 19.5 Å². The molecule has 5 N–H and O–H groups in total. The van der Waals surface area contributed by atoms with Gasteiger partial charge in [0.1, 0.15) is 0 Å². The maximum atomic E-state index is 11.7. The fourth-order valence-electron chi connectivity index (χ4n) is 1.59. The first-order valence-electron chi connectivity index (χ1n) is 6.63. The number of rotatable bonds is 8. The third kappa shape index (κ3) is 7.04. The van der Waals surface area contributed by atoms with E-state index < -0.39 is 5.97 Å². The average molecular weight is 306 g/mol. The molecule has 0 atom stereocenters. The molecule has 0 aliphatic heterocycles. The predicted octanol–water partition coefficient (Wildman–Crippen LogP) is 0.289. The predicted molar refractivity (Wildman–Crippen MR) is 81.3 cm³/mol. The van der Waals surface area contributed by atoms with Crippen molar-refractivity contribution in [2.45, 2.75) is 19.3 Å². The summed E-state index contributed by atoms with van der Waals surface area (Å²) in [5.41, 5.74) is 1.41. The first-order chi connectivity index (χ1) is 10.5. The number of aliphatic carboxylic acids is 1. The minimum absolute atomic E-state index is 0.00334. The van der Waals surface area contributed by atoms with Crippen molar-refractivity contribution in [2.75, 3.05) is 11.9 Å². The van der Waals surface area contributed by atoms with E-state index in [2.05, 4.69) is 15.7 Å². The summed E-state index contributed by atoms with van der Waals surface area (Å²) < 4.78 is 0. The maximum Gasteiger partial charge on any atom is 0.305 e. The van der Waals surface area contributed by atoms with Gasteiger partial charge in [-0.05, 0) is 17.7 Å². The number of anilines is 1. The van der Waals surface area contributed by atoms with Crippen LogP contribution in [-0.4, -0.2) is 35.6 Å². The van der Waals surface area contributed by atoms with Gasteiger partial charge in [0.2, 0.25) is 11.8 Å². The molecule has 118 valence electrons. The Morgan fingerprint density at radius 1 is 1.09 bits per heavy atom. The number of carboxylic acid groups (broad SMARTS) is 1. The second-order valence-corrected chi connectivity index (χ2v) is 4.44. The standard InChI is InChI=1S/C14H18N4O4/c15-17-9-10-1-3-11(4-2-10)18-13(20)6-5-12(19)16-8-7-14(21)22/h1-4,9H,5-8,15H2,(H,16,19)(H,18,20)(H,21,22). The number of nitrogens with one attached hydrogen (secondary N) is 2. The van der Waals surface area contributed by atoms with Gasteiger partial charge in [0.15, 0.2) is 0 Å². The smallest absolute Gasteiger partial charge is 0.305 e. The normalized spacial score (nSPS) is 10.4. The number of hydrazone groups is 1. The Balaban J connectivity index is 2.30. The molecule has 0 bridgehead atoms. The number of hydrogen-bond donors (Lipinski definition) is 4. The van der Waals surface area contributed by atoms with Crippen LogP contribution < -0.4 is 16.5 Å². The lowest BCUT2D eigenvalue weighted by atomic mass is 10.2. The molecule has 1 aromatic rings. The third-order valence-electron chi connectivity index (χ3n) is 2.66. The zero-order valence-electron chi connectivity index (χ0n) is 11.9. The summed E-state index contributed by atoms with van der Waals surface area (Å²) in [6.45, 7) is 0.0555. The molecule has 0 aliphatic rings. The van der Waals surface area contributed by atoms with Crippen molar-refractivity contribution in [1.29, 1.82) is 0 Å². The van der Waals surface area contributed by atoms with E-state index in [9.17, 15) is 14.4 Å². The highest BCUT2D eigenvalue weighted by Gasteiger charge is 2.07. The van der Waals surface area contributed by atoms with E-state index in [4.69, 9.17) is 10.9 Å². The SMILES string of the molecule is NN=Cc1ccc(NC(=O)CCC(=O)NCCC(=O)O)cc1. The van der Waals surface area contributed by atoms with Crippen LogP contribution >= 0.6 is 0 Å². The van der Waals surface area contributed by atoms with E-state index in [-0.39, 0.29) is 37.6 Å². The first-order valence-corrected chi connectivity index (χ1v) is 6.63. The van der Waals surface area contributed by atoms with Crippen molar-refractivity contribution >= 4 is 29.7 Å². The van der Waals surface area contributed by atoms with Gasteiger partial charge < -0.3 is 21.6 Å². The van der Waals surface area contributed by atoms with E-state index in [1.165, 1.54) is 6.21 Å². The fourth-order valence-corrected chi connectivity index (χ4v) is 1.59. The number of carbonyl (C=O) groups excluding carboxylic acids is 2. The van der Waals surface area contributed by atoms with Crippen molar-refractivity contribution in [3.8, 4) is 0 Å². The molecule has 1 aromatic carbocycles. The van der Waals surface area contributed by atoms with Crippen molar-refractivity contribution in [2.24, 2.45) is 10.9 Å². The van der Waals surface area contributed by atoms with Gasteiger partial charge >= 0.3 is 5.97 Å². The van der Waals surface area contributed by atoms with Gasteiger partial charge in [0, 0.05) is 25.1 Å². The van der Waals surface area contributed by atoms with Gasteiger partial charge in [-0.3, -0.25) is 14.4 Å². The molecule has 0 unspecified atom stereocenters. The molecule has 0 radical (unpaired) electrons. The van der Waals surface area contributed by atoms with Crippen LogP contribution in [0, 0.1) is 0 Å². The molecule has 0 heterocycles. The number of carboxylic acids is 1. The van der Waals surface area contributed by atoms with E-state index in [0.29, 0.717) is 5.69 Å². The summed E-state index contributed by atoms with van der Waals surface area (Å²) in [5, 5.41) is 16.9. The Labute approximate surface area is 127 Å². The van der Waals surface area contributed by atoms with Crippen LogP contribution in [0.4, 0.5) is 5.69 Å². The number of amides is 2. The van der Waals surface area contributed by atoms with Crippen LogP contribution in [0.5, 0.6) is 0 Å². The van der Waals surface area contributed by atoms with Crippen LogP contribution in [0.25, 0.3) is 0 Å². The monoisotopic (exact) mass is 306 g/mol. The van der Waals surface area contributed by atoms with E-state index in [1.807, 2.05) is 0 Å². The fraction of sp³-hybridized carbons (Fsp3) is 0.286. The molecule has 22 heavy (non-hydrogen) atoms. The van der Waals surface area contributed by atoms with Gasteiger partial charge in [-0.25, -0.2) is 0 Å². The van der Waals surface area contributed by atoms with E-state index in [1.54, 1.807) is 24.3 Å². The lowest BCUT2D eigenvalue weighted by Crippen LogP contribution is -2.27. The molecule has 8 nitrogen and oxygen atoms in total. The molecule has 0 saturated carbocycles. The molecule has 0 fully saturated rings. The second-order valence-electron chi connectivity index (χ2n) is 4.44. The minimum Gasteiger partial charge on any atom is -0.481 e. The van der Waals surface area contributed by atoms with Gasteiger partial charge in [0.25, 0.3) is 0 Å². The minimum atomic E-state index is -0.985. The largest absolute Gasteiger partial charge is 0.481 e. The molecular formula is C14H18N4O4. The zero-order chi connectivity index (χ0) is 16.4. The Hall–Kier alpha value is -2.90. The van der Waals surface area contributed by atoms with Crippen molar-refractivity contribution in [3.05, 3.63) is 29.8 Å². The number of nitrogens with zero attached hydrogens (tertiary/aromatic N) is 1. The van der Waals surface area contributed by atoms with Crippen LogP contribution in [-0.2, 0) is 14.4 Å². The highest BCUT2D eigenvalue weighted by Crippen LogP contribution is 2.09. The van der Waals surface area contributed by atoms with E-state index in [0.717, 1.165) is 5.56 Å². The maximum absolute atomic E-state index is 11.7. The third-order valence-corrected chi connectivity index (χ3v) is 2.66. The second kappa shape index (κ2) is 9.11. The Morgan fingerprint density at radius 3 is 2.32 bits per heavy atom. The topological polar surface area (TPSA) is 134 Å². The van der Waals surface area contributed by atoms with Crippen molar-refractivity contribution in [3.63, 3.8) is 0 Å². The quantitative estimate of drug-likeness (QED) is 0.311. The summed E-state index contributed by atoms with van der Waals surface area (Å²) in [5.74, 6) is 3.39. The summed E-state index contributed by atoms with van der Waals surface area (Å²) in [6.07, 6.45) is 1.36. The molecule has 2 amide bonds. The summed E-state index contributed by atoms with van der Waals surface area (Å²) in [7, 11) is 0. The average Bonchev–Trinajstić information content (AvgIpc) is 2.47. The molecule has 0 aliphatic carbocycles. The Morgan fingerprint density at radius 2 is 1.73 bits per heavy atom. The summed E-state index contributed by atoms with van der Waals surface area (Å²) in [4.78, 5) is 33.4. The number of nitrogens with two attached hydrogens (primary N) is 1. The van der Waals surface area contributed by atoms with Crippen LogP contribution in [0.15, 0.2) is 29.4 Å². The summed E-state index contributed by atoms with van der Waals surface area (Å²) >= 11 is 0. The number of carbonyl (C=O) groups is 3. The van der Waals surface area contributed by atoms with Gasteiger partial charge in [0.05, 0.1) is 12.6 Å². The molecule has 8 heteroatoms. The number of hydrogen-bond acceptors (Lipinski definition) is 5.